The van der Waals surface area contributed by atoms with Crippen molar-refractivity contribution in [3.05, 3.63) is 53.0 Å². The van der Waals surface area contributed by atoms with Crippen LogP contribution in [0.4, 0.5) is 8.78 Å². The molecule has 6 heteroatoms. The highest BCUT2D eigenvalue weighted by Crippen LogP contribution is 2.26. The molecule has 0 atom stereocenters. The van der Waals surface area contributed by atoms with Crippen LogP contribution in [-0.4, -0.2) is 17.2 Å². The number of carboxylic acids is 1. The van der Waals surface area contributed by atoms with E-state index in [0.717, 1.165) is 15.6 Å². The maximum Gasteiger partial charge on any atom is 0.501 e. The number of hydrogen-bond acceptors (Lipinski definition) is 2. The summed E-state index contributed by atoms with van der Waals surface area (Å²) in [5.74, 6) is -2.53. The monoisotopic (exact) mass is 342 g/mol. The zero-order valence-electron chi connectivity index (χ0n) is 10.0. The first-order valence-corrected chi connectivity index (χ1v) is 6.34. The zero-order valence-corrected chi connectivity index (χ0v) is 11.6. The average Bonchev–Trinajstić information content (AvgIpc) is 2.40. The summed E-state index contributed by atoms with van der Waals surface area (Å²) in [4.78, 5) is 10.3. The lowest BCUT2D eigenvalue weighted by Crippen LogP contribution is -2.34. The highest BCUT2D eigenvalue weighted by molar-refractivity contribution is 9.10. The molecule has 0 aliphatic heterocycles. The van der Waals surface area contributed by atoms with Crippen LogP contribution in [0.25, 0.3) is 11.1 Å². The number of halogens is 3. The van der Waals surface area contributed by atoms with E-state index in [0.29, 0.717) is 0 Å². The molecule has 0 saturated heterocycles. The van der Waals surface area contributed by atoms with E-state index in [4.69, 9.17) is 5.11 Å². The van der Waals surface area contributed by atoms with Crippen LogP contribution in [0, 0.1) is 0 Å². The van der Waals surface area contributed by atoms with Crippen molar-refractivity contribution >= 4 is 21.9 Å². The molecule has 0 aliphatic rings. The maximum absolute atomic E-state index is 12.9. The molecular formula is C14H9BrF2O3. The Morgan fingerprint density at radius 3 is 1.90 bits per heavy atom. The quantitative estimate of drug-likeness (QED) is 0.906. The zero-order chi connectivity index (χ0) is 14.8. The van der Waals surface area contributed by atoms with Gasteiger partial charge >= 0.3 is 12.1 Å². The molecular weight excluding hydrogens is 334 g/mol. The molecule has 3 nitrogen and oxygen atoms in total. The fourth-order valence-electron chi connectivity index (χ4n) is 1.55. The summed E-state index contributed by atoms with van der Waals surface area (Å²) < 4.78 is 30.8. The highest BCUT2D eigenvalue weighted by Gasteiger charge is 2.42. The fourth-order valence-corrected chi connectivity index (χ4v) is 1.81. The smallest absolute Gasteiger partial charge is 0.474 e. The standard InChI is InChI=1S/C14H9BrF2O3/c15-11-5-1-9(2-6-11)10-3-7-12(8-4-10)20-14(16,17)13(18)19/h1-8H,(H,18,19). The minimum absolute atomic E-state index is 0.210. The lowest BCUT2D eigenvalue weighted by molar-refractivity contribution is -0.210. The number of hydrogen-bond donors (Lipinski definition) is 1. The van der Waals surface area contributed by atoms with Crippen LogP contribution in [0.2, 0.25) is 0 Å². The van der Waals surface area contributed by atoms with Gasteiger partial charge in [0.1, 0.15) is 5.75 Å². The number of rotatable bonds is 4. The Morgan fingerprint density at radius 2 is 1.45 bits per heavy atom. The number of ether oxygens (including phenoxy) is 1. The van der Waals surface area contributed by atoms with Crippen molar-refractivity contribution in [2.45, 2.75) is 6.11 Å². The second-order valence-electron chi connectivity index (χ2n) is 3.96. The average molecular weight is 343 g/mol. The predicted octanol–water partition coefficient (Wildman–Crippen LogP) is 4.17. The summed E-state index contributed by atoms with van der Waals surface area (Å²) in [6.07, 6.45) is -4.24. The largest absolute Gasteiger partial charge is 0.501 e. The molecule has 20 heavy (non-hydrogen) atoms. The summed E-state index contributed by atoms with van der Waals surface area (Å²) in [7, 11) is 0. The van der Waals surface area contributed by atoms with Crippen LogP contribution in [0.15, 0.2) is 53.0 Å². The third kappa shape index (κ3) is 3.33. The molecule has 2 aromatic rings. The van der Waals surface area contributed by atoms with E-state index in [9.17, 15) is 13.6 Å². The van der Waals surface area contributed by atoms with Crippen molar-refractivity contribution < 1.29 is 23.4 Å². The van der Waals surface area contributed by atoms with Crippen molar-refractivity contribution in [1.29, 1.82) is 0 Å². The maximum atomic E-state index is 12.9. The lowest BCUT2D eigenvalue weighted by atomic mass is 10.1. The molecule has 0 aromatic heterocycles. The van der Waals surface area contributed by atoms with E-state index >= 15 is 0 Å². The molecule has 0 heterocycles. The third-order valence-electron chi connectivity index (χ3n) is 2.53. The lowest BCUT2D eigenvalue weighted by Gasteiger charge is -2.13. The van der Waals surface area contributed by atoms with Gasteiger partial charge in [0.15, 0.2) is 0 Å². The highest BCUT2D eigenvalue weighted by atomic mass is 79.9. The molecule has 0 bridgehead atoms. The summed E-state index contributed by atoms with van der Waals surface area (Å²) in [5, 5.41) is 8.28. The van der Waals surface area contributed by atoms with Gasteiger partial charge in [0.05, 0.1) is 0 Å². The van der Waals surface area contributed by atoms with E-state index in [1.807, 2.05) is 24.3 Å². The second kappa shape index (κ2) is 5.58. The Kier molecular flexibility index (Phi) is 4.04. The first kappa shape index (κ1) is 14.5. The molecule has 0 unspecified atom stereocenters. The molecule has 0 saturated carbocycles. The van der Waals surface area contributed by atoms with E-state index in [1.54, 1.807) is 12.1 Å². The van der Waals surface area contributed by atoms with Gasteiger partial charge in [0.2, 0.25) is 0 Å². The van der Waals surface area contributed by atoms with E-state index in [1.165, 1.54) is 12.1 Å². The van der Waals surface area contributed by atoms with Gasteiger partial charge in [-0.15, -0.1) is 0 Å². The Labute approximate surface area is 121 Å². The molecule has 0 spiro atoms. The number of carbonyl (C=O) groups is 1. The summed E-state index contributed by atoms with van der Waals surface area (Å²) in [5.41, 5.74) is 1.72. The van der Waals surface area contributed by atoms with Gasteiger partial charge in [-0.25, -0.2) is 4.79 Å². The molecule has 1 N–H and O–H groups in total. The summed E-state index contributed by atoms with van der Waals surface area (Å²) in [6, 6.07) is 13.2. The van der Waals surface area contributed by atoms with E-state index in [-0.39, 0.29) is 5.75 Å². The Morgan fingerprint density at radius 1 is 1.00 bits per heavy atom. The Bertz CT molecular complexity index is 609. The van der Waals surface area contributed by atoms with Crippen LogP contribution in [-0.2, 0) is 4.79 Å². The van der Waals surface area contributed by atoms with Crippen molar-refractivity contribution in [3.8, 4) is 16.9 Å². The van der Waals surface area contributed by atoms with Crippen LogP contribution in [0.1, 0.15) is 0 Å². The van der Waals surface area contributed by atoms with Gasteiger partial charge in [-0.05, 0) is 35.4 Å². The fraction of sp³-hybridized carbons (Fsp3) is 0.0714. The van der Waals surface area contributed by atoms with Gasteiger partial charge < -0.3 is 9.84 Å². The van der Waals surface area contributed by atoms with Crippen molar-refractivity contribution in [2.75, 3.05) is 0 Å². The first-order chi connectivity index (χ1) is 9.38. The number of benzene rings is 2. The predicted molar refractivity (Wildman–Crippen MR) is 72.8 cm³/mol. The van der Waals surface area contributed by atoms with Gasteiger partial charge in [0.25, 0.3) is 0 Å². The van der Waals surface area contributed by atoms with E-state index < -0.39 is 12.1 Å². The van der Waals surface area contributed by atoms with Gasteiger partial charge in [-0.1, -0.05) is 40.2 Å². The van der Waals surface area contributed by atoms with Crippen LogP contribution >= 0.6 is 15.9 Å². The van der Waals surface area contributed by atoms with Gasteiger partial charge in [-0.3, -0.25) is 0 Å². The molecule has 0 fully saturated rings. The van der Waals surface area contributed by atoms with Crippen LogP contribution in [0.3, 0.4) is 0 Å². The number of carboxylic acid groups (broad SMARTS) is 1. The Balaban J connectivity index is 2.18. The third-order valence-corrected chi connectivity index (χ3v) is 3.06. The van der Waals surface area contributed by atoms with Crippen molar-refractivity contribution in [1.82, 2.24) is 0 Å². The van der Waals surface area contributed by atoms with Crippen molar-refractivity contribution in [2.24, 2.45) is 0 Å². The van der Waals surface area contributed by atoms with Crippen molar-refractivity contribution in [3.63, 3.8) is 0 Å². The van der Waals surface area contributed by atoms with Crippen LogP contribution in [0.5, 0.6) is 5.75 Å². The van der Waals surface area contributed by atoms with E-state index in [2.05, 4.69) is 20.7 Å². The first-order valence-electron chi connectivity index (χ1n) is 5.55. The molecule has 104 valence electrons. The molecule has 0 aliphatic carbocycles. The normalized spacial score (nSPS) is 11.2. The SMILES string of the molecule is O=C(O)C(F)(F)Oc1ccc(-c2ccc(Br)cc2)cc1. The Hall–Kier alpha value is -1.95. The van der Waals surface area contributed by atoms with Gasteiger partial charge in [0, 0.05) is 4.47 Å². The number of alkyl halides is 2. The summed E-state index contributed by atoms with van der Waals surface area (Å²) in [6.45, 7) is 0. The molecule has 2 aromatic carbocycles. The topological polar surface area (TPSA) is 46.5 Å². The second-order valence-corrected chi connectivity index (χ2v) is 4.87. The molecule has 0 amide bonds. The minimum atomic E-state index is -4.24. The minimum Gasteiger partial charge on any atom is -0.474 e. The number of aliphatic carboxylic acids is 1. The molecule has 0 radical (unpaired) electrons. The van der Waals surface area contributed by atoms with Crippen LogP contribution < -0.4 is 4.74 Å². The summed E-state index contributed by atoms with van der Waals surface area (Å²) >= 11 is 3.32. The molecule has 2 rings (SSSR count). The van der Waals surface area contributed by atoms with Gasteiger partial charge in [-0.2, -0.15) is 8.78 Å².